The fourth-order valence-electron chi connectivity index (χ4n) is 3.13. The number of benzene rings is 1. The van der Waals surface area contributed by atoms with E-state index in [1.54, 1.807) is 4.31 Å². The van der Waals surface area contributed by atoms with E-state index in [-0.39, 0.29) is 6.04 Å². The summed E-state index contributed by atoms with van der Waals surface area (Å²) in [6.07, 6.45) is 3.10. The van der Waals surface area contributed by atoms with E-state index in [0.29, 0.717) is 25.0 Å². The number of hydrogen-bond donors (Lipinski definition) is 1. The van der Waals surface area contributed by atoms with Crippen molar-refractivity contribution >= 4 is 21.6 Å². The number of rotatable bonds is 5. The quantitative estimate of drug-likeness (QED) is 0.893. The number of hydrogen-bond acceptors (Lipinski definition) is 3. The Labute approximate surface area is 138 Å². The molecular weight excluding hydrogens is 320 g/mol. The zero-order valence-electron chi connectivity index (χ0n) is 13.4. The third-order valence-electron chi connectivity index (χ3n) is 4.50. The number of nitrogens with zero attached hydrogens (tertiary/aromatic N) is 1. The van der Waals surface area contributed by atoms with Gasteiger partial charge in [0.2, 0.25) is 10.0 Å². The molecule has 1 saturated heterocycles. The Balaban J connectivity index is 2.03. The molecule has 1 heterocycles. The van der Waals surface area contributed by atoms with E-state index in [0.717, 1.165) is 23.4 Å². The molecule has 0 unspecified atom stereocenters. The second-order valence-electron chi connectivity index (χ2n) is 6.13. The van der Waals surface area contributed by atoms with Crippen LogP contribution >= 0.6 is 11.6 Å². The molecule has 3 atom stereocenters. The average Bonchev–Trinajstić information content (AvgIpc) is 2.46. The summed E-state index contributed by atoms with van der Waals surface area (Å²) in [6, 6.07) is 8.40. The van der Waals surface area contributed by atoms with Crippen molar-refractivity contribution in [2.45, 2.75) is 38.8 Å². The monoisotopic (exact) mass is 344 g/mol. The number of sulfonamides is 1. The smallest absolute Gasteiger partial charge is 0.211 e. The van der Waals surface area contributed by atoms with Gasteiger partial charge in [0.05, 0.1) is 6.26 Å². The molecule has 124 valence electrons. The minimum atomic E-state index is -3.09. The van der Waals surface area contributed by atoms with Crippen LogP contribution in [0.2, 0.25) is 5.02 Å². The van der Waals surface area contributed by atoms with Crippen molar-refractivity contribution in [3.63, 3.8) is 0 Å². The van der Waals surface area contributed by atoms with Gasteiger partial charge in [-0.15, -0.1) is 0 Å². The van der Waals surface area contributed by atoms with Gasteiger partial charge >= 0.3 is 0 Å². The van der Waals surface area contributed by atoms with E-state index in [1.165, 1.54) is 6.26 Å². The molecule has 0 bridgehead atoms. The lowest BCUT2D eigenvalue weighted by molar-refractivity contribution is 0.193. The third-order valence-corrected chi connectivity index (χ3v) is 6.01. The van der Waals surface area contributed by atoms with Crippen LogP contribution in [0.25, 0.3) is 0 Å². The number of halogens is 1. The Morgan fingerprint density at radius 3 is 2.77 bits per heavy atom. The van der Waals surface area contributed by atoms with E-state index in [4.69, 9.17) is 11.6 Å². The molecule has 0 aromatic heterocycles. The molecule has 6 heteroatoms. The van der Waals surface area contributed by atoms with Crippen LogP contribution in [0.15, 0.2) is 24.3 Å². The highest BCUT2D eigenvalue weighted by Gasteiger charge is 2.32. The fraction of sp³-hybridized carbons (Fsp3) is 0.625. The summed E-state index contributed by atoms with van der Waals surface area (Å²) in [5.41, 5.74) is 1.16. The van der Waals surface area contributed by atoms with Crippen LogP contribution in [0.5, 0.6) is 0 Å². The molecule has 4 nitrogen and oxygen atoms in total. The van der Waals surface area contributed by atoms with E-state index in [2.05, 4.69) is 25.2 Å². The van der Waals surface area contributed by atoms with Crippen LogP contribution in [0.4, 0.5) is 0 Å². The van der Waals surface area contributed by atoms with Gasteiger partial charge in [0.25, 0.3) is 0 Å². The van der Waals surface area contributed by atoms with Crippen molar-refractivity contribution in [3.8, 4) is 0 Å². The Bertz CT molecular complexity index is 606. The van der Waals surface area contributed by atoms with Crippen molar-refractivity contribution in [2.24, 2.45) is 5.92 Å². The summed E-state index contributed by atoms with van der Waals surface area (Å²) >= 11 is 6.06. The summed E-state index contributed by atoms with van der Waals surface area (Å²) in [5, 5.41) is 4.40. The van der Waals surface area contributed by atoms with Crippen LogP contribution in [0.1, 0.15) is 38.3 Å². The fourth-order valence-corrected chi connectivity index (χ4v) is 4.22. The first-order valence-electron chi connectivity index (χ1n) is 7.78. The molecule has 1 N–H and O–H groups in total. The summed E-state index contributed by atoms with van der Waals surface area (Å²) in [7, 11) is -3.09. The maximum atomic E-state index is 11.7. The van der Waals surface area contributed by atoms with Gasteiger partial charge in [-0.3, -0.25) is 0 Å². The molecule has 0 aliphatic carbocycles. The van der Waals surface area contributed by atoms with Gasteiger partial charge in [0, 0.05) is 30.2 Å². The van der Waals surface area contributed by atoms with Gasteiger partial charge in [-0.1, -0.05) is 37.1 Å². The first-order valence-corrected chi connectivity index (χ1v) is 10.0. The Morgan fingerprint density at radius 1 is 1.45 bits per heavy atom. The van der Waals surface area contributed by atoms with Crippen LogP contribution in [-0.2, 0) is 10.0 Å². The third kappa shape index (κ3) is 4.44. The lowest BCUT2D eigenvalue weighted by atomic mass is 9.90. The molecule has 0 amide bonds. The van der Waals surface area contributed by atoms with Gasteiger partial charge in [0.1, 0.15) is 0 Å². The molecule has 1 aromatic carbocycles. The van der Waals surface area contributed by atoms with Crippen LogP contribution in [-0.4, -0.2) is 38.1 Å². The van der Waals surface area contributed by atoms with Gasteiger partial charge < -0.3 is 5.32 Å². The molecule has 1 aliphatic heterocycles. The highest BCUT2D eigenvalue weighted by molar-refractivity contribution is 7.88. The van der Waals surface area contributed by atoms with Crippen molar-refractivity contribution in [1.29, 1.82) is 0 Å². The first-order chi connectivity index (χ1) is 10.3. The predicted molar refractivity (Wildman–Crippen MR) is 91.6 cm³/mol. The highest BCUT2D eigenvalue weighted by atomic mass is 35.5. The van der Waals surface area contributed by atoms with Crippen molar-refractivity contribution in [1.82, 2.24) is 9.62 Å². The first kappa shape index (κ1) is 17.7. The van der Waals surface area contributed by atoms with E-state index in [1.807, 2.05) is 18.2 Å². The van der Waals surface area contributed by atoms with E-state index >= 15 is 0 Å². The van der Waals surface area contributed by atoms with Crippen LogP contribution in [0.3, 0.4) is 0 Å². The summed E-state index contributed by atoms with van der Waals surface area (Å²) in [5.74, 6) is 0.338. The van der Waals surface area contributed by atoms with Gasteiger partial charge in [-0.05, 0) is 37.0 Å². The molecule has 0 spiro atoms. The maximum absolute atomic E-state index is 11.7. The van der Waals surface area contributed by atoms with E-state index < -0.39 is 10.0 Å². The molecule has 2 rings (SSSR count). The predicted octanol–water partition coefficient (Wildman–Crippen LogP) is 3.05. The topological polar surface area (TPSA) is 49.4 Å². The second-order valence-corrected chi connectivity index (χ2v) is 8.55. The molecule has 0 saturated carbocycles. The van der Waals surface area contributed by atoms with Gasteiger partial charge in [0.15, 0.2) is 0 Å². The Morgan fingerprint density at radius 2 is 2.18 bits per heavy atom. The number of nitrogens with one attached hydrogen (secondary N) is 1. The molecule has 1 aromatic rings. The van der Waals surface area contributed by atoms with Crippen LogP contribution in [0, 0.1) is 5.92 Å². The normalized spacial score (nSPS) is 25.1. The minimum Gasteiger partial charge on any atom is -0.307 e. The summed E-state index contributed by atoms with van der Waals surface area (Å²) < 4.78 is 25.1. The SMILES string of the molecule is CC[C@@H]1CN(S(C)(=O)=O)CC[C@H]1N[C@H](C)c1cccc(Cl)c1. The van der Waals surface area contributed by atoms with Crippen molar-refractivity contribution in [2.75, 3.05) is 19.3 Å². The standard InChI is InChI=1S/C16H25ClN2O2S/c1-4-13-11-19(22(3,20)21)9-8-16(13)18-12(2)14-6-5-7-15(17)10-14/h5-7,10,12-13,16,18H,4,8-9,11H2,1-3H3/t12-,13-,16-/m1/s1. The molecule has 0 radical (unpaired) electrons. The van der Waals surface area contributed by atoms with E-state index in [9.17, 15) is 8.42 Å². The number of piperidine rings is 1. The highest BCUT2D eigenvalue weighted by Crippen LogP contribution is 2.25. The summed E-state index contributed by atoms with van der Waals surface area (Å²) in [6.45, 7) is 5.45. The van der Waals surface area contributed by atoms with Crippen molar-refractivity contribution in [3.05, 3.63) is 34.9 Å². The molecule has 1 aliphatic rings. The van der Waals surface area contributed by atoms with Crippen LogP contribution < -0.4 is 5.32 Å². The zero-order chi connectivity index (χ0) is 16.3. The molecule has 1 fully saturated rings. The zero-order valence-corrected chi connectivity index (χ0v) is 15.0. The van der Waals surface area contributed by atoms with Crippen molar-refractivity contribution < 1.29 is 8.42 Å². The molecule has 22 heavy (non-hydrogen) atoms. The summed E-state index contributed by atoms with van der Waals surface area (Å²) in [4.78, 5) is 0. The maximum Gasteiger partial charge on any atom is 0.211 e. The Hall–Kier alpha value is -0.620. The van der Waals surface area contributed by atoms with Gasteiger partial charge in [-0.25, -0.2) is 12.7 Å². The minimum absolute atomic E-state index is 0.197. The lowest BCUT2D eigenvalue weighted by Crippen LogP contribution is -2.51. The molecular formula is C16H25ClN2O2S. The largest absolute Gasteiger partial charge is 0.307 e. The van der Waals surface area contributed by atoms with Gasteiger partial charge in [-0.2, -0.15) is 0 Å². The second kappa shape index (κ2) is 7.30. The lowest BCUT2D eigenvalue weighted by Gasteiger charge is -2.38. The average molecular weight is 345 g/mol. The Kier molecular flexibility index (Phi) is 5.88.